The van der Waals surface area contributed by atoms with E-state index in [1.165, 1.54) is 0 Å². The maximum atomic E-state index is 9.25. The van der Waals surface area contributed by atoms with Crippen LogP contribution in [0.4, 0.5) is 0 Å². The van der Waals surface area contributed by atoms with E-state index < -0.39 is 5.97 Å². The van der Waals surface area contributed by atoms with Crippen molar-refractivity contribution in [3.8, 4) is 0 Å². The maximum Gasteiger partial charge on any atom is 0.327 e. The summed E-state index contributed by atoms with van der Waals surface area (Å²) >= 11 is 0. The molecule has 0 aromatic heterocycles. The Labute approximate surface area is 51.8 Å². The molecule has 0 spiro atoms. The number of carboxylic acid groups (broad SMARTS) is 1. The van der Waals surface area contributed by atoms with Crippen LogP contribution >= 0.6 is 0 Å². The highest BCUT2D eigenvalue weighted by molar-refractivity contribution is 5.78. The Balaban J connectivity index is -0.0000000267. The van der Waals surface area contributed by atoms with E-state index in [-0.39, 0.29) is 22.3 Å². The summed E-state index contributed by atoms with van der Waals surface area (Å²) in [5, 5.41) is 7.60. The van der Waals surface area contributed by atoms with Crippen molar-refractivity contribution < 1.29 is 9.90 Å². The second-order valence-electron chi connectivity index (χ2n) is 0.542. The predicted octanol–water partition coefficient (Wildman–Crippen LogP) is 1.61. The molecule has 2 heteroatoms. The van der Waals surface area contributed by atoms with E-state index in [2.05, 4.69) is 6.58 Å². The zero-order valence-electron chi connectivity index (χ0n) is 5.64. The molecule has 0 unspecified atom stereocenters. The van der Waals surface area contributed by atoms with Gasteiger partial charge in [-0.3, -0.25) is 0 Å². The fourth-order valence-corrected chi connectivity index (χ4v) is 0. The highest BCUT2D eigenvalue weighted by Crippen LogP contribution is 1.54. The van der Waals surface area contributed by atoms with Gasteiger partial charge in [-0.25, -0.2) is 4.79 Å². The van der Waals surface area contributed by atoms with Crippen LogP contribution in [0.5, 0.6) is 0 Å². The zero-order valence-corrected chi connectivity index (χ0v) is 5.64. The Morgan fingerprint density at radius 1 is 1.38 bits per heavy atom. The van der Waals surface area contributed by atoms with Crippen LogP contribution < -0.4 is 0 Å². The monoisotopic (exact) mass is 117 g/mol. The van der Waals surface area contributed by atoms with Gasteiger partial charge in [-0.1, -0.05) is 28.9 Å². The van der Waals surface area contributed by atoms with Gasteiger partial charge in [-0.15, -0.1) is 0 Å². The van der Waals surface area contributed by atoms with Gasteiger partial charge in [0.15, 0.2) is 0 Å². The lowest BCUT2D eigenvalue weighted by Gasteiger charge is -1.64. The molecule has 0 rings (SSSR count). The zero-order chi connectivity index (χ0) is 4.28. The van der Waals surface area contributed by atoms with Gasteiger partial charge in [0.25, 0.3) is 0 Å². The Kier molecular flexibility index (Phi) is 55.2. The first-order valence-electron chi connectivity index (χ1n) is 1.12. The molecule has 0 heterocycles. The van der Waals surface area contributed by atoms with Crippen LogP contribution in [0.3, 0.4) is 0 Å². The van der Waals surface area contributed by atoms with Gasteiger partial charge in [-0.2, -0.15) is 0 Å². The summed E-state index contributed by atoms with van der Waals surface area (Å²) in [4.78, 5) is 9.25. The minimum absolute atomic E-state index is 0. The van der Waals surface area contributed by atoms with E-state index in [0.29, 0.717) is 0 Å². The van der Waals surface area contributed by atoms with Crippen LogP contribution in [0.2, 0.25) is 0 Å². The van der Waals surface area contributed by atoms with Gasteiger partial charge in [-0.05, 0) is 0 Å². The van der Waals surface area contributed by atoms with Crippen molar-refractivity contribution in [3.63, 3.8) is 0 Å². The molecule has 0 aromatic carbocycles. The average Bonchev–Trinajstić information content (AvgIpc) is 1.38. The van der Waals surface area contributed by atoms with Gasteiger partial charge >= 0.3 is 5.97 Å². The molecule has 0 aromatic rings. The Morgan fingerprint density at radius 3 is 1.50 bits per heavy atom. The molecule has 0 fully saturated rings. The van der Waals surface area contributed by atoms with Crippen LogP contribution in [0.1, 0.15) is 0 Å². The SMILES string of the molecule is C=CC(=O)O.[CH3].[CH3].[CH3]. The summed E-state index contributed by atoms with van der Waals surface area (Å²) in [6.07, 6.45) is 0.833. The molecule has 1 N–H and O–H groups in total. The molecule has 0 saturated heterocycles. The van der Waals surface area contributed by atoms with Crippen LogP contribution in [0.15, 0.2) is 12.7 Å². The molecular formula is C6H13O2. The summed E-state index contributed by atoms with van der Waals surface area (Å²) in [5.74, 6) is -0.981. The quantitative estimate of drug-likeness (QED) is 0.530. The largest absolute Gasteiger partial charge is 0.478 e. The van der Waals surface area contributed by atoms with Crippen molar-refractivity contribution >= 4 is 5.97 Å². The number of hydrogen-bond donors (Lipinski definition) is 1. The number of carbonyl (C=O) groups is 1. The fraction of sp³-hybridized carbons (Fsp3) is 0. The number of rotatable bonds is 1. The van der Waals surface area contributed by atoms with E-state index >= 15 is 0 Å². The van der Waals surface area contributed by atoms with Crippen molar-refractivity contribution in [2.24, 2.45) is 0 Å². The standard InChI is InChI=1S/C3H4O2.3CH3/c1-2-3(4)5;;;/h2H,1H2,(H,4,5);3*1H3. The van der Waals surface area contributed by atoms with Crippen molar-refractivity contribution in [1.82, 2.24) is 0 Å². The van der Waals surface area contributed by atoms with E-state index in [9.17, 15) is 4.79 Å². The Hall–Kier alpha value is -0.790. The summed E-state index contributed by atoms with van der Waals surface area (Å²) in [6, 6.07) is 0. The van der Waals surface area contributed by atoms with E-state index in [1.807, 2.05) is 0 Å². The third-order valence-electron chi connectivity index (χ3n) is 0.175. The van der Waals surface area contributed by atoms with E-state index in [0.717, 1.165) is 6.08 Å². The van der Waals surface area contributed by atoms with Crippen LogP contribution in [0, 0.1) is 22.3 Å². The van der Waals surface area contributed by atoms with E-state index in [1.54, 1.807) is 0 Å². The second-order valence-corrected chi connectivity index (χ2v) is 0.542. The van der Waals surface area contributed by atoms with Crippen LogP contribution in [0.25, 0.3) is 0 Å². The highest BCUT2D eigenvalue weighted by Gasteiger charge is 1.73. The van der Waals surface area contributed by atoms with E-state index in [4.69, 9.17) is 5.11 Å². The van der Waals surface area contributed by atoms with Crippen molar-refractivity contribution in [1.29, 1.82) is 0 Å². The molecule has 49 valence electrons. The molecule has 0 aliphatic rings. The van der Waals surface area contributed by atoms with Gasteiger partial charge in [0.1, 0.15) is 0 Å². The topological polar surface area (TPSA) is 37.3 Å². The molecule has 8 heavy (non-hydrogen) atoms. The Morgan fingerprint density at radius 2 is 1.50 bits per heavy atom. The maximum absolute atomic E-state index is 9.25. The lowest BCUT2D eigenvalue weighted by Crippen LogP contribution is -1.82. The van der Waals surface area contributed by atoms with Gasteiger partial charge in [0, 0.05) is 6.08 Å². The second kappa shape index (κ2) is 16.4. The minimum Gasteiger partial charge on any atom is -0.478 e. The molecule has 0 atom stereocenters. The predicted molar refractivity (Wildman–Crippen MR) is 37.1 cm³/mol. The molecule has 2 nitrogen and oxygen atoms in total. The van der Waals surface area contributed by atoms with Crippen LogP contribution in [-0.2, 0) is 4.79 Å². The first kappa shape index (κ1) is 27.0. The summed E-state index contributed by atoms with van der Waals surface area (Å²) in [6.45, 7) is 2.96. The first-order chi connectivity index (χ1) is 2.27. The average molecular weight is 117 g/mol. The fourth-order valence-electron chi connectivity index (χ4n) is 0. The van der Waals surface area contributed by atoms with Crippen molar-refractivity contribution in [2.75, 3.05) is 0 Å². The normalized spacial score (nSPS) is 4.00. The molecule has 0 aliphatic heterocycles. The molecule has 3 radical (unpaired) electrons. The van der Waals surface area contributed by atoms with Gasteiger partial charge in [0.2, 0.25) is 0 Å². The van der Waals surface area contributed by atoms with Crippen molar-refractivity contribution in [2.45, 2.75) is 0 Å². The third kappa shape index (κ3) is 63.1. The lowest BCUT2D eigenvalue weighted by atomic mass is 10.7. The summed E-state index contributed by atoms with van der Waals surface area (Å²) < 4.78 is 0. The molecule has 0 aliphatic carbocycles. The Bertz CT molecular complexity index is 57.5. The lowest BCUT2D eigenvalue weighted by molar-refractivity contribution is -0.131. The van der Waals surface area contributed by atoms with Crippen molar-refractivity contribution in [3.05, 3.63) is 34.9 Å². The first-order valence-corrected chi connectivity index (χ1v) is 1.12. The summed E-state index contributed by atoms with van der Waals surface area (Å²) in [7, 11) is 0. The molecule has 0 saturated carbocycles. The smallest absolute Gasteiger partial charge is 0.327 e. The molecular weight excluding hydrogens is 104 g/mol. The molecule has 0 bridgehead atoms. The minimum atomic E-state index is -0.981. The van der Waals surface area contributed by atoms with Gasteiger partial charge < -0.3 is 5.11 Å². The summed E-state index contributed by atoms with van der Waals surface area (Å²) in [5.41, 5.74) is 0. The third-order valence-corrected chi connectivity index (χ3v) is 0.175. The number of carboxylic acids is 1. The van der Waals surface area contributed by atoms with Crippen LogP contribution in [-0.4, -0.2) is 11.1 Å². The van der Waals surface area contributed by atoms with Gasteiger partial charge in [0.05, 0.1) is 0 Å². The molecule has 0 amide bonds. The highest BCUT2D eigenvalue weighted by atomic mass is 16.4. The number of hydrogen-bond acceptors (Lipinski definition) is 1. The number of aliphatic carboxylic acids is 1.